The molecule has 0 spiro atoms. The summed E-state index contributed by atoms with van der Waals surface area (Å²) >= 11 is 0. The van der Waals surface area contributed by atoms with Gasteiger partial charge in [-0.2, -0.15) is 0 Å². The second kappa shape index (κ2) is 7.72. The lowest BCUT2D eigenvalue weighted by Gasteiger charge is -2.34. The monoisotopic (exact) mass is 342 g/mol. The topological polar surface area (TPSA) is 58.6 Å². The fourth-order valence-corrected chi connectivity index (χ4v) is 3.31. The summed E-state index contributed by atoms with van der Waals surface area (Å²) in [5.41, 5.74) is 1.65. The number of carbonyl (C=O) groups is 2. The molecule has 0 saturated carbocycles. The van der Waals surface area contributed by atoms with Gasteiger partial charge in [-0.25, -0.2) is 0 Å². The van der Waals surface area contributed by atoms with Crippen molar-refractivity contribution in [3.8, 4) is 5.75 Å². The molecule has 1 N–H and O–H groups in total. The number of fused-ring (bicyclic) bond motifs is 1. The van der Waals surface area contributed by atoms with Gasteiger partial charge in [0.15, 0.2) is 0 Å². The number of hydrogen-bond donors (Lipinski definition) is 1. The predicted molar refractivity (Wildman–Crippen MR) is 97.1 cm³/mol. The molecule has 2 aliphatic heterocycles. The third kappa shape index (κ3) is 4.21. The van der Waals surface area contributed by atoms with Gasteiger partial charge in [0, 0.05) is 31.1 Å². The van der Waals surface area contributed by atoms with Crippen molar-refractivity contribution in [3.05, 3.63) is 35.4 Å². The maximum Gasteiger partial charge on any atom is 0.253 e. The average Bonchev–Trinajstić information content (AvgIpc) is 2.65. The van der Waals surface area contributed by atoms with Crippen LogP contribution < -0.4 is 10.1 Å². The number of carbonyl (C=O) groups excluding carboxylic acids is 2. The van der Waals surface area contributed by atoms with Gasteiger partial charge in [0.05, 0.1) is 5.57 Å². The normalized spacial score (nSPS) is 19.7. The molecule has 0 radical (unpaired) electrons. The molecule has 0 unspecified atom stereocenters. The van der Waals surface area contributed by atoms with Crippen LogP contribution in [0, 0.1) is 11.8 Å². The van der Waals surface area contributed by atoms with Crippen LogP contribution in [-0.2, 0) is 9.59 Å². The second-order valence-corrected chi connectivity index (χ2v) is 7.16. The van der Waals surface area contributed by atoms with Crippen LogP contribution in [0.15, 0.2) is 29.8 Å². The fraction of sp³-hybridized carbons (Fsp3) is 0.500. The number of ether oxygens (including phenoxy) is 1. The number of benzene rings is 1. The summed E-state index contributed by atoms with van der Waals surface area (Å²) in [4.78, 5) is 26.5. The van der Waals surface area contributed by atoms with E-state index in [1.54, 1.807) is 0 Å². The van der Waals surface area contributed by atoms with Crippen molar-refractivity contribution in [3.63, 3.8) is 0 Å². The van der Waals surface area contributed by atoms with Gasteiger partial charge in [0.2, 0.25) is 5.91 Å². The summed E-state index contributed by atoms with van der Waals surface area (Å²) in [6.07, 6.45) is 3.95. The number of para-hydroxylation sites is 1. The SMILES string of the molecule is CC(C)C(=O)NC[C@H]1CCCN(C(=O)C2=Cc3ccccc3OC2)C1. The maximum atomic E-state index is 12.8. The van der Waals surface area contributed by atoms with Crippen molar-refractivity contribution in [1.29, 1.82) is 0 Å². The molecule has 2 heterocycles. The van der Waals surface area contributed by atoms with Crippen molar-refractivity contribution in [2.75, 3.05) is 26.2 Å². The number of rotatable bonds is 4. The molecular formula is C20H26N2O3. The Morgan fingerprint density at radius 2 is 2.12 bits per heavy atom. The number of likely N-dealkylation sites (tertiary alicyclic amines) is 1. The summed E-state index contributed by atoms with van der Waals surface area (Å²) in [6.45, 7) is 6.20. The van der Waals surface area contributed by atoms with E-state index in [4.69, 9.17) is 4.74 Å². The first-order valence-electron chi connectivity index (χ1n) is 9.04. The number of amides is 2. The summed E-state index contributed by atoms with van der Waals surface area (Å²) in [7, 11) is 0. The minimum absolute atomic E-state index is 0.00839. The molecule has 3 rings (SSSR count). The molecule has 2 amide bonds. The summed E-state index contributed by atoms with van der Waals surface area (Å²) in [5, 5.41) is 2.99. The van der Waals surface area contributed by atoms with Crippen molar-refractivity contribution in [2.24, 2.45) is 11.8 Å². The summed E-state index contributed by atoms with van der Waals surface area (Å²) in [6, 6.07) is 7.75. The van der Waals surface area contributed by atoms with Crippen LogP contribution in [0.5, 0.6) is 5.75 Å². The predicted octanol–water partition coefficient (Wildman–Crippen LogP) is 2.47. The Bertz CT molecular complexity index is 681. The van der Waals surface area contributed by atoms with E-state index in [-0.39, 0.29) is 17.7 Å². The standard InChI is InChI=1S/C20H26N2O3/c1-14(2)19(23)21-11-15-6-5-9-22(12-15)20(24)17-10-16-7-3-4-8-18(16)25-13-17/h3-4,7-8,10,14-15H,5-6,9,11-13H2,1-2H3,(H,21,23)/t15-/m1/s1. The van der Waals surface area contributed by atoms with Crippen LogP contribution in [0.3, 0.4) is 0 Å². The maximum absolute atomic E-state index is 12.8. The highest BCUT2D eigenvalue weighted by molar-refractivity contribution is 5.99. The van der Waals surface area contributed by atoms with E-state index in [2.05, 4.69) is 5.32 Å². The Kier molecular flexibility index (Phi) is 5.41. The zero-order valence-electron chi connectivity index (χ0n) is 15.0. The van der Waals surface area contributed by atoms with Gasteiger partial charge in [-0.3, -0.25) is 9.59 Å². The lowest BCUT2D eigenvalue weighted by Crippen LogP contribution is -2.45. The fourth-order valence-electron chi connectivity index (χ4n) is 3.31. The minimum Gasteiger partial charge on any atom is -0.488 e. The Hall–Kier alpha value is -2.30. The van der Waals surface area contributed by atoms with Crippen LogP contribution in [0.2, 0.25) is 0 Å². The molecule has 134 valence electrons. The first-order chi connectivity index (χ1) is 12.0. The highest BCUT2D eigenvalue weighted by Crippen LogP contribution is 2.27. The first-order valence-corrected chi connectivity index (χ1v) is 9.04. The lowest BCUT2D eigenvalue weighted by atomic mass is 9.96. The van der Waals surface area contributed by atoms with Gasteiger partial charge < -0.3 is 15.0 Å². The second-order valence-electron chi connectivity index (χ2n) is 7.16. The van der Waals surface area contributed by atoms with Crippen LogP contribution in [0.1, 0.15) is 32.3 Å². The molecule has 1 aromatic rings. The van der Waals surface area contributed by atoms with Crippen LogP contribution in [0.25, 0.3) is 6.08 Å². The van der Waals surface area contributed by atoms with Crippen LogP contribution in [0.4, 0.5) is 0 Å². The molecule has 5 nitrogen and oxygen atoms in total. The zero-order valence-corrected chi connectivity index (χ0v) is 15.0. The first kappa shape index (κ1) is 17.5. The van der Waals surface area contributed by atoms with Gasteiger partial charge >= 0.3 is 0 Å². The molecule has 0 aromatic heterocycles. The third-order valence-electron chi connectivity index (χ3n) is 4.80. The Labute approximate surface area is 149 Å². The van der Waals surface area contributed by atoms with Crippen LogP contribution in [-0.4, -0.2) is 43.0 Å². The number of nitrogens with one attached hydrogen (secondary N) is 1. The molecule has 1 atom stereocenters. The van der Waals surface area contributed by atoms with E-state index in [1.807, 2.05) is 49.1 Å². The largest absolute Gasteiger partial charge is 0.488 e. The van der Waals surface area contributed by atoms with Crippen molar-refractivity contribution in [1.82, 2.24) is 10.2 Å². The van der Waals surface area contributed by atoms with E-state index in [0.717, 1.165) is 30.7 Å². The van der Waals surface area contributed by atoms with Gasteiger partial charge in [-0.15, -0.1) is 0 Å². The van der Waals surface area contributed by atoms with Gasteiger partial charge in [0.1, 0.15) is 12.4 Å². The van der Waals surface area contributed by atoms with E-state index >= 15 is 0 Å². The molecule has 2 aliphatic rings. The minimum atomic E-state index is -0.00839. The number of nitrogens with zero attached hydrogens (tertiary/aromatic N) is 1. The lowest BCUT2D eigenvalue weighted by molar-refractivity contribution is -0.129. The smallest absolute Gasteiger partial charge is 0.253 e. The molecule has 1 saturated heterocycles. The Morgan fingerprint density at radius 3 is 2.92 bits per heavy atom. The summed E-state index contributed by atoms with van der Waals surface area (Å²) in [5.74, 6) is 1.26. The highest BCUT2D eigenvalue weighted by Gasteiger charge is 2.27. The number of hydrogen-bond acceptors (Lipinski definition) is 3. The van der Waals surface area contributed by atoms with E-state index in [1.165, 1.54) is 0 Å². The quantitative estimate of drug-likeness (QED) is 0.914. The van der Waals surface area contributed by atoms with Crippen LogP contribution >= 0.6 is 0 Å². The van der Waals surface area contributed by atoms with Crippen molar-refractivity contribution >= 4 is 17.9 Å². The number of piperidine rings is 1. The van der Waals surface area contributed by atoms with Gasteiger partial charge in [0.25, 0.3) is 5.91 Å². The van der Waals surface area contributed by atoms with Crippen molar-refractivity contribution in [2.45, 2.75) is 26.7 Å². The molecule has 0 aliphatic carbocycles. The third-order valence-corrected chi connectivity index (χ3v) is 4.80. The molecule has 0 bridgehead atoms. The average molecular weight is 342 g/mol. The Balaban J connectivity index is 1.61. The molecular weight excluding hydrogens is 316 g/mol. The van der Waals surface area contributed by atoms with Crippen molar-refractivity contribution < 1.29 is 14.3 Å². The van der Waals surface area contributed by atoms with E-state index in [0.29, 0.717) is 31.2 Å². The summed E-state index contributed by atoms with van der Waals surface area (Å²) < 4.78 is 5.71. The van der Waals surface area contributed by atoms with E-state index in [9.17, 15) is 9.59 Å². The molecule has 1 fully saturated rings. The van der Waals surface area contributed by atoms with E-state index < -0.39 is 0 Å². The molecule has 25 heavy (non-hydrogen) atoms. The molecule has 1 aromatic carbocycles. The zero-order chi connectivity index (χ0) is 17.8. The Morgan fingerprint density at radius 1 is 1.32 bits per heavy atom. The van der Waals surface area contributed by atoms with Gasteiger partial charge in [-0.1, -0.05) is 32.0 Å². The van der Waals surface area contributed by atoms with Gasteiger partial charge in [-0.05, 0) is 30.9 Å². The molecule has 5 heteroatoms. The highest BCUT2D eigenvalue weighted by atomic mass is 16.5.